The molecule has 1 aliphatic heterocycles. The van der Waals surface area contributed by atoms with Crippen molar-refractivity contribution in [1.82, 2.24) is 4.90 Å². The van der Waals surface area contributed by atoms with Crippen LogP contribution in [0.4, 0.5) is 18.9 Å². The van der Waals surface area contributed by atoms with E-state index in [1.165, 1.54) is 23.9 Å². The van der Waals surface area contributed by atoms with E-state index in [0.29, 0.717) is 31.2 Å². The molecule has 7 nitrogen and oxygen atoms in total. The van der Waals surface area contributed by atoms with Gasteiger partial charge >= 0.3 is 6.36 Å². The highest BCUT2D eigenvalue weighted by Gasteiger charge is 2.31. The molecular weight excluding hydrogens is 457 g/mol. The normalized spacial score (nSPS) is 14.9. The molecule has 12 heteroatoms. The lowest BCUT2D eigenvalue weighted by Crippen LogP contribution is -2.40. The molecule has 31 heavy (non-hydrogen) atoms. The second-order valence-electron chi connectivity index (χ2n) is 6.44. The summed E-state index contributed by atoms with van der Waals surface area (Å²) < 4.78 is 73.7. The number of alkyl halides is 3. The van der Waals surface area contributed by atoms with Gasteiger partial charge in [-0.1, -0.05) is 0 Å². The van der Waals surface area contributed by atoms with Gasteiger partial charge in [0.1, 0.15) is 5.75 Å². The van der Waals surface area contributed by atoms with E-state index in [9.17, 15) is 26.4 Å². The van der Waals surface area contributed by atoms with Gasteiger partial charge in [0.05, 0.1) is 23.7 Å². The SMILES string of the molecule is CSc1ccc(S(=O)(=O)Nc2ccc(OC(F)(F)F)cc2)cc1C(=O)N1CCOCC1. The minimum Gasteiger partial charge on any atom is -0.406 e. The number of nitrogens with one attached hydrogen (secondary N) is 1. The molecule has 1 aliphatic rings. The number of ether oxygens (including phenoxy) is 2. The lowest BCUT2D eigenvalue weighted by atomic mass is 10.2. The standard InChI is InChI=1S/C19H19F3N2O5S2/c1-30-17-7-6-15(12-16(17)18(25)24-8-10-28-11-9-24)31(26,27)23-13-2-4-14(5-3-13)29-19(20,21)22/h2-7,12,23H,8-11H2,1H3. The zero-order valence-corrected chi connectivity index (χ0v) is 17.9. The highest BCUT2D eigenvalue weighted by Crippen LogP contribution is 2.28. The van der Waals surface area contributed by atoms with E-state index in [1.54, 1.807) is 17.2 Å². The molecule has 1 fully saturated rings. The molecule has 3 rings (SSSR count). The van der Waals surface area contributed by atoms with Crippen LogP contribution in [0.2, 0.25) is 0 Å². The number of morpholine rings is 1. The number of thioether (sulfide) groups is 1. The number of carbonyl (C=O) groups excluding carboxylic acids is 1. The van der Waals surface area contributed by atoms with Crippen molar-refractivity contribution in [3.63, 3.8) is 0 Å². The number of halogens is 3. The van der Waals surface area contributed by atoms with Crippen molar-refractivity contribution in [3.8, 4) is 5.75 Å². The number of hydrogen-bond acceptors (Lipinski definition) is 6. The first-order valence-electron chi connectivity index (χ1n) is 9.03. The van der Waals surface area contributed by atoms with Crippen molar-refractivity contribution in [2.75, 3.05) is 37.3 Å². The van der Waals surface area contributed by atoms with Crippen molar-refractivity contribution in [2.45, 2.75) is 16.2 Å². The van der Waals surface area contributed by atoms with Crippen LogP contribution >= 0.6 is 11.8 Å². The average Bonchev–Trinajstić information content (AvgIpc) is 2.73. The van der Waals surface area contributed by atoms with Crippen molar-refractivity contribution in [1.29, 1.82) is 0 Å². The van der Waals surface area contributed by atoms with Gasteiger partial charge in [-0.2, -0.15) is 0 Å². The predicted molar refractivity (Wildman–Crippen MR) is 109 cm³/mol. The molecule has 2 aromatic carbocycles. The van der Waals surface area contributed by atoms with Crippen molar-refractivity contribution >= 4 is 33.4 Å². The van der Waals surface area contributed by atoms with Crippen molar-refractivity contribution < 1.29 is 35.9 Å². The van der Waals surface area contributed by atoms with Gasteiger partial charge in [-0.15, -0.1) is 24.9 Å². The molecule has 0 spiro atoms. The molecule has 0 radical (unpaired) electrons. The zero-order chi connectivity index (χ0) is 22.6. The van der Waals surface area contributed by atoms with E-state index in [2.05, 4.69) is 9.46 Å². The van der Waals surface area contributed by atoms with Crippen LogP contribution in [0.3, 0.4) is 0 Å². The highest BCUT2D eigenvalue weighted by atomic mass is 32.2. The Labute approximate surface area is 181 Å². The Morgan fingerprint density at radius 3 is 2.35 bits per heavy atom. The molecule has 1 amide bonds. The molecule has 1 N–H and O–H groups in total. The Hall–Kier alpha value is -2.44. The fourth-order valence-electron chi connectivity index (χ4n) is 2.90. The largest absolute Gasteiger partial charge is 0.573 e. The van der Waals surface area contributed by atoms with Gasteiger partial charge in [-0.3, -0.25) is 9.52 Å². The minimum atomic E-state index is -4.84. The van der Waals surface area contributed by atoms with Gasteiger partial charge in [-0.25, -0.2) is 8.42 Å². The number of nitrogens with zero attached hydrogens (tertiary/aromatic N) is 1. The first-order valence-corrected chi connectivity index (χ1v) is 11.7. The van der Waals surface area contributed by atoms with Crippen molar-refractivity contribution in [3.05, 3.63) is 48.0 Å². The van der Waals surface area contributed by atoms with Gasteiger partial charge < -0.3 is 14.4 Å². The third-order valence-corrected chi connectivity index (χ3v) is 6.52. The molecule has 0 saturated carbocycles. The van der Waals surface area contributed by atoms with Crippen LogP contribution < -0.4 is 9.46 Å². The summed E-state index contributed by atoms with van der Waals surface area (Å²) in [5.41, 5.74) is 0.302. The maximum atomic E-state index is 12.9. The molecular formula is C19H19F3N2O5S2. The first kappa shape index (κ1) is 23.2. The summed E-state index contributed by atoms with van der Waals surface area (Å²) in [6, 6.07) is 8.50. The summed E-state index contributed by atoms with van der Waals surface area (Å²) in [7, 11) is -4.09. The molecule has 1 heterocycles. The van der Waals surface area contributed by atoms with Crippen LogP contribution in [-0.2, 0) is 14.8 Å². The van der Waals surface area contributed by atoms with E-state index in [-0.39, 0.29) is 22.1 Å². The Kier molecular flexibility index (Phi) is 7.02. The maximum Gasteiger partial charge on any atom is 0.573 e. The summed E-state index contributed by atoms with van der Waals surface area (Å²) in [4.78, 5) is 15.0. The van der Waals surface area contributed by atoms with E-state index < -0.39 is 22.1 Å². The van der Waals surface area contributed by atoms with Crippen LogP contribution in [-0.4, -0.2) is 58.1 Å². The number of sulfonamides is 1. The Morgan fingerprint density at radius 2 is 1.77 bits per heavy atom. The Morgan fingerprint density at radius 1 is 1.13 bits per heavy atom. The number of benzene rings is 2. The molecule has 0 bridgehead atoms. The summed E-state index contributed by atoms with van der Waals surface area (Å²) in [5.74, 6) is -0.767. The van der Waals surface area contributed by atoms with Gasteiger partial charge in [0.25, 0.3) is 15.9 Å². The lowest BCUT2D eigenvalue weighted by molar-refractivity contribution is -0.274. The minimum absolute atomic E-state index is 0.0459. The maximum absolute atomic E-state index is 12.9. The number of hydrogen-bond donors (Lipinski definition) is 1. The van der Waals surface area contributed by atoms with E-state index in [1.807, 2.05) is 0 Å². The monoisotopic (exact) mass is 476 g/mol. The molecule has 0 atom stereocenters. The first-order chi connectivity index (χ1) is 14.6. The quantitative estimate of drug-likeness (QED) is 0.642. The predicted octanol–water partition coefficient (Wildman–Crippen LogP) is 3.58. The summed E-state index contributed by atoms with van der Waals surface area (Å²) >= 11 is 1.32. The highest BCUT2D eigenvalue weighted by molar-refractivity contribution is 7.98. The molecule has 0 aliphatic carbocycles. The molecule has 168 valence electrons. The van der Waals surface area contributed by atoms with Crippen LogP contribution in [0, 0.1) is 0 Å². The van der Waals surface area contributed by atoms with Crippen LogP contribution in [0.25, 0.3) is 0 Å². The molecule has 0 aromatic heterocycles. The second kappa shape index (κ2) is 9.37. The van der Waals surface area contributed by atoms with E-state index in [0.717, 1.165) is 24.3 Å². The van der Waals surface area contributed by atoms with Crippen molar-refractivity contribution in [2.24, 2.45) is 0 Å². The number of amides is 1. The molecule has 2 aromatic rings. The van der Waals surface area contributed by atoms with Gasteiger partial charge in [0.15, 0.2) is 0 Å². The second-order valence-corrected chi connectivity index (χ2v) is 8.97. The smallest absolute Gasteiger partial charge is 0.406 e. The van der Waals surface area contributed by atoms with Crippen LogP contribution in [0.15, 0.2) is 52.3 Å². The van der Waals surface area contributed by atoms with Gasteiger partial charge in [0, 0.05) is 23.7 Å². The number of anilines is 1. The summed E-state index contributed by atoms with van der Waals surface area (Å²) in [6.45, 7) is 1.64. The van der Waals surface area contributed by atoms with E-state index >= 15 is 0 Å². The Balaban J connectivity index is 1.83. The number of rotatable bonds is 6. The molecule has 0 unspecified atom stereocenters. The lowest BCUT2D eigenvalue weighted by Gasteiger charge is -2.27. The fourth-order valence-corrected chi connectivity index (χ4v) is 4.55. The fraction of sp³-hybridized carbons (Fsp3) is 0.316. The van der Waals surface area contributed by atoms with Gasteiger partial charge in [-0.05, 0) is 48.7 Å². The van der Waals surface area contributed by atoms with E-state index in [4.69, 9.17) is 4.74 Å². The topological polar surface area (TPSA) is 84.9 Å². The summed E-state index contributed by atoms with van der Waals surface area (Å²) in [6.07, 6.45) is -3.06. The average molecular weight is 476 g/mol. The number of carbonyl (C=O) groups is 1. The third kappa shape index (κ3) is 6.05. The Bertz CT molecular complexity index is 1040. The third-order valence-electron chi connectivity index (χ3n) is 4.35. The molecule has 1 saturated heterocycles. The zero-order valence-electron chi connectivity index (χ0n) is 16.3. The summed E-state index contributed by atoms with van der Waals surface area (Å²) in [5, 5.41) is 0. The van der Waals surface area contributed by atoms with Crippen LogP contribution in [0.5, 0.6) is 5.75 Å². The van der Waals surface area contributed by atoms with Gasteiger partial charge in [0.2, 0.25) is 0 Å². The van der Waals surface area contributed by atoms with Crippen LogP contribution in [0.1, 0.15) is 10.4 Å².